The van der Waals surface area contributed by atoms with Gasteiger partial charge in [-0.05, 0) is 39.5 Å². The lowest BCUT2D eigenvalue weighted by Crippen LogP contribution is -2.54. The Morgan fingerprint density at radius 1 is 1.37 bits per heavy atom. The van der Waals surface area contributed by atoms with Crippen molar-refractivity contribution < 1.29 is 23.9 Å². The van der Waals surface area contributed by atoms with Gasteiger partial charge in [-0.15, -0.1) is 0 Å². The molecule has 2 rings (SSSR count). The van der Waals surface area contributed by atoms with Crippen LogP contribution in [-0.4, -0.2) is 71.8 Å². The third-order valence-electron chi connectivity index (χ3n) is 4.93. The summed E-state index contributed by atoms with van der Waals surface area (Å²) >= 11 is 0. The van der Waals surface area contributed by atoms with Gasteiger partial charge in [-0.2, -0.15) is 0 Å². The number of carbonyl (C=O) groups is 3. The van der Waals surface area contributed by atoms with Crippen LogP contribution in [0.4, 0.5) is 4.79 Å². The molecule has 3 amide bonds. The van der Waals surface area contributed by atoms with E-state index in [9.17, 15) is 14.4 Å². The zero-order valence-corrected chi connectivity index (χ0v) is 17.5. The number of rotatable bonds is 3. The molecule has 0 aromatic rings. The molecule has 2 fully saturated rings. The van der Waals surface area contributed by atoms with Crippen LogP contribution in [0, 0.1) is 5.41 Å². The fourth-order valence-electron chi connectivity index (χ4n) is 3.32. The molecule has 0 bridgehead atoms. The molecule has 154 valence electrons. The molecule has 0 radical (unpaired) electrons. The maximum absolute atomic E-state index is 12.9. The van der Waals surface area contributed by atoms with Gasteiger partial charge in [0.1, 0.15) is 23.9 Å². The Morgan fingerprint density at radius 3 is 2.59 bits per heavy atom. The van der Waals surface area contributed by atoms with Gasteiger partial charge in [-0.1, -0.05) is 13.8 Å². The molecule has 8 heteroatoms. The molecule has 2 aliphatic heterocycles. The molecule has 2 saturated heterocycles. The molecule has 27 heavy (non-hydrogen) atoms. The number of ether oxygens (including phenoxy) is 2. The fourth-order valence-corrected chi connectivity index (χ4v) is 3.32. The van der Waals surface area contributed by atoms with Gasteiger partial charge in [-0.25, -0.2) is 4.79 Å². The minimum Gasteiger partial charge on any atom is -0.444 e. The number of hydrogen-bond donors (Lipinski definition) is 1. The van der Waals surface area contributed by atoms with E-state index in [4.69, 9.17) is 9.47 Å². The van der Waals surface area contributed by atoms with Crippen LogP contribution in [0.1, 0.15) is 54.4 Å². The molecule has 0 aromatic heterocycles. The lowest BCUT2D eigenvalue weighted by atomic mass is 9.92. The first-order valence-electron chi connectivity index (χ1n) is 9.49. The maximum Gasteiger partial charge on any atom is 0.410 e. The van der Waals surface area contributed by atoms with E-state index in [1.54, 1.807) is 32.6 Å². The highest BCUT2D eigenvalue weighted by Crippen LogP contribution is 2.36. The molecular weight excluding hydrogens is 350 g/mol. The van der Waals surface area contributed by atoms with Crippen LogP contribution in [0.5, 0.6) is 0 Å². The SMILES string of the molecule is C[C@@H](C(=O)N[C@H]1CCO[C@H]2CC(C)(C)CN2C1=O)N(C)C(=O)OC(C)(C)C. The normalized spacial score (nSPS) is 26.0. The molecule has 0 unspecified atom stereocenters. The summed E-state index contributed by atoms with van der Waals surface area (Å²) in [6, 6.07) is -1.41. The zero-order chi connectivity index (χ0) is 20.6. The molecule has 2 aliphatic rings. The topological polar surface area (TPSA) is 88.2 Å². The fraction of sp³-hybridized carbons (Fsp3) is 0.842. The van der Waals surface area contributed by atoms with Crippen molar-refractivity contribution in [1.29, 1.82) is 0 Å². The number of nitrogens with one attached hydrogen (secondary N) is 1. The summed E-state index contributed by atoms with van der Waals surface area (Å²) in [5.74, 6) is -0.512. The minimum atomic E-state index is -0.761. The van der Waals surface area contributed by atoms with Gasteiger partial charge in [0.15, 0.2) is 0 Å². The molecule has 1 N–H and O–H groups in total. The van der Waals surface area contributed by atoms with Gasteiger partial charge in [0.2, 0.25) is 11.8 Å². The average Bonchev–Trinajstić information content (AvgIpc) is 2.77. The van der Waals surface area contributed by atoms with Gasteiger partial charge in [0, 0.05) is 20.0 Å². The van der Waals surface area contributed by atoms with Crippen LogP contribution in [0.25, 0.3) is 0 Å². The highest BCUT2D eigenvalue weighted by Gasteiger charge is 2.44. The summed E-state index contributed by atoms with van der Waals surface area (Å²) in [7, 11) is 1.51. The number of carbonyl (C=O) groups excluding carboxylic acids is 3. The molecule has 0 aromatic carbocycles. The molecule has 0 spiro atoms. The first-order valence-corrected chi connectivity index (χ1v) is 9.49. The van der Waals surface area contributed by atoms with Crippen molar-refractivity contribution in [2.75, 3.05) is 20.2 Å². The van der Waals surface area contributed by atoms with Crippen LogP contribution >= 0.6 is 0 Å². The van der Waals surface area contributed by atoms with Gasteiger partial charge >= 0.3 is 6.09 Å². The first kappa shape index (κ1) is 21.5. The predicted molar refractivity (Wildman–Crippen MR) is 99.9 cm³/mol. The van der Waals surface area contributed by atoms with E-state index in [1.807, 2.05) is 0 Å². The molecule has 0 saturated carbocycles. The van der Waals surface area contributed by atoms with E-state index in [1.165, 1.54) is 11.9 Å². The largest absolute Gasteiger partial charge is 0.444 e. The van der Waals surface area contributed by atoms with Crippen LogP contribution in [-0.2, 0) is 19.1 Å². The molecule has 2 heterocycles. The Morgan fingerprint density at radius 2 is 2.00 bits per heavy atom. The zero-order valence-electron chi connectivity index (χ0n) is 17.5. The van der Waals surface area contributed by atoms with Crippen molar-refractivity contribution in [3.05, 3.63) is 0 Å². The third kappa shape index (κ3) is 5.34. The van der Waals surface area contributed by atoms with E-state index < -0.39 is 29.7 Å². The van der Waals surface area contributed by atoms with Gasteiger partial charge in [-0.3, -0.25) is 14.5 Å². The molecular formula is C19H33N3O5. The maximum atomic E-state index is 12.9. The highest BCUT2D eigenvalue weighted by molar-refractivity contribution is 5.91. The Balaban J connectivity index is 1.99. The van der Waals surface area contributed by atoms with E-state index in [0.29, 0.717) is 19.6 Å². The van der Waals surface area contributed by atoms with Gasteiger partial charge in [0.05, 0.1) is 6.61 Å². The lowest BCUT2D eigenvalue weighted by Gasteiger charge is -2.29. The van der Waals surface area contributed by atoms with E-state index >= 15 is 0 Å². The Bertz CT molecular complexity index is 599. The van der Waals surface area contributed by atoms with Crippen molar-refractivity contribution in [2.24, 2.45) is 5.41 Å². The first-order chi connectivity index (χ1) is 12.3. The van der Waals surface area contributed by atoms with Crippen molar-refractivity contribution in [3.8, 4) is 0 Å². The second-order valence-electron chi connectivity index (χ2n) is 9.28. The van der Waals surface area contributed by atoms with Crippen molar-refractivity contribution in [1.82, 2.24) is 15.1 Å². The second-order valence-corrected chi connectivity index (χ2v) is 9.28. The van der Waals surface area contributed by atoms with Crippen LogP contribution in [0.15, 0.2) is 0 Å². The number of nitrogens with zero attached hydrogens (tertiary/aromatic N) is 2. The van der Waals surface area contributed by atoms with Gasteiger partial charge < -0.3 is 19.7 Å². The summed E-state index contributed by atoms with van der Waals surface area (Å²) in [5, 5.41) is 2.79. The third-order valence-corrected chi connectivity index (χ3v) is 4.93. The molecule has 0 aliphatic carbocycles. The van der Waals surface area contributed by atoms with E-state index in [2.05, 4.69) is 19.2 Å². The number of hydrogen-bond acceptors (Lipinski definition) is 5. The summed E-state index contributed by atoms with van der Waals surface area (Å²) < 4.78 is 11.1. The summed E-state index contributed by atoms with van der Waals surface area (Å²) in [6.07, 6.45) is 0.399. The summed E-state index contributed by atoms with van der Waals surface area (Å²) in [5.41, 5.74) is -0.649. The predicted octanol–water partition coefficient (Wildman–Crippen LogP) is 1.73. The smallest absolute Gasteiger partial charge is 0.410 e. The summed E-state index contributed by atoms with van der Waals surface area (Å²) in [6.45, 7) is 12.1. The van der Waals surface area contributed by atoms with Crippen LogP contribution in [0.2, 0.25) is 0 Å². The van der Waals surface area contributed by atoms with Crippen molar-refractivity contribution in [3.63, 3.8) is 0 Å². The van der Waals surface area contributed by atoms with Crippen molar-refractivity contribution in [2.45, 2.75) is 78.3 Å². The number of fused-ring (bicyclic) bond motifs is 1. The number of likely N-dealkylation sites (N-methyl/N-ethyl adjacent to an activating group) is 1. The van der Waals surface area contributed by atoms with Crippen molar-refractivity contribution >= 4 is 17.9 Å². The lowest BCUT2D eigenvalue weighted by molar-refractivity contribution is -0.141. The average molecular weight is 383 g/mol. The molecule has 8 nitrogen and oxygen atoms in total. The Labute approximate surface area is 161 Å². The monoisotopic (exact) mass is 383 g/mol. The second kappa shape index (κ2) is 7.66. The number of amides is 3. The van der Waals surface area contributed by atoms with Crippen LogP contribution in [0.3, 0.4) is 0 Å². The Hall–Kier alpha value is -1.83. The summed E-state index contributed by atoms with van der Waals surface area (Å²) in [4.78, 5) is 40.6. The quantitative estimate of drug-likeness (QED) is 0.802. The molecule has 3 atom stereocenters. The van der Waals surface area contributed by atoms with Crippen LogP contribution < -0.4 is 5.32 Å². The highest BCUT2D eigenvalue weighted by atomic mass is 16.6. The Kier molecular flexibility index (Phi) is 6.09. The van der Waals surface area contributed by atoms with E-state index in [0.717, 1.165) is 6.42 Å². The minimum absolute atomic E-state index is 0.00352. The van der Waals surface area contributed by atoms with E-state index in [-0.39, 0.29) is 17.6 Å². The van der Waals surface area contributed by atoms with Gasteiger partial charge in [0.25, 0.3) is 0 Å². The standard InChI is InChI=1S/C19H33N3O5/c1-12(21(7)17(25)27-18(2,3)4)15(23)20-13-8-9-26-14-10-19(5,6)11-22(14)16(13)24/h12-14H,8-11H2,1-7H3,(H,20,23)/t12-,13-,14-/m0/s1.